The number of hydrogen-bond acceptors (Lipinski definition) is 4. The van der Waals surface area contributed by atoms with Gasteiger partial charge in [0.05, 0.1) is 0 Å². The van der Waals surface area contributed by atoms with Crippen LogP contribution in [0.15, 0.2) is 48.8 Å². The molecule has 1 fully saturated rings. The smallest absolute Gasteiger partial charge is 0.180 e. The van der Waals surface area contributed by atoms with Gasteiger partial charge < -0.3 is 5.32 Å². The van der Waals surface area contributed by atoms with Gasteiger partial charge in [-0.2, -0.15) is 0 Å². The molecule has 0 spiro atoms. The van der Waals surface area contributed by atoms with Crippen molar-refractivity contribution in [3.8, 4) is 0 Å². The van der Waals surface area contributed by atoms with Crippen molar-refractivity contribution in [2.45, 2.75) is 18.4 Å². The fraction of sp³-hybridized carbons (Fsp3) is 0.188. The van der Waals surface area contributed by atoms with Crippen molar-refractivity contribution >= 4 is 28.6 Å². The minimum absolute atomic E-state index is 0.407. The van der Waals surface area contributed by atoms with Gasteiger partial charge in [-0.05, 0) is 36.2 Å². The highest BCUT2D eigenvalue weighted by Crippen LogP contribution is 2.43. The van der Waals surface area contributed by atoms with E-state index in [2.05, 4.69) is 26.3 Å². The van der Waals surface area contributed by atoms with Crippen molar-refractivity contribution in [3.05, 3.63) is 59.4 Å². The number of aromatic nitrogens is 3. The van der Waals surface area contributed by atoms with Gasteiger partial charge in [-0.1, -0.05) is 23.7 Å². The van der Waals surface area contributed by atoms with Crippen LogP contribution in [0.1, 0.15) is 17.9 Å². The SMILES string of the molecule is Clc1cccc(C2CC2Nc2ccc3nccnc3n2)c1. The maximum atomic E-state index is 6.04. The van der Waals surface area contributed by atoms with Crippen molar-refractivity contribution in [1.29, 1.82) is 0 Å². The van der Waals surface area contributed by atoms with Crippen LogP contribution in [-0.4, -0.2) is 21.0 Å². The number of rotatable bonds is 3. The molecule has 1 N–H and O–H groups in total. The Kier molecular flexibility index (Phi) is 2.97. The van der Waals surface area contributed by atoms with Gasteiger partial charge in [0.25, 0.3) is 0 Å². The summed E-state index contributed by atoms with van der Waals surface area (Å²) >= 11 is 6.04. The maximum absolute atomic E-state index is 6.04. The van der Waals surface area contributed by atoms with Crippen LogP contribution in [0.25, 0.3) is 11.2 Å². The van der Waals surface area contributed by atoms with Crippen molar-refractivity contribution < 1.29 is 0 Å². The Labute approximate surface area is 127 Å². The highest BCUT2D eigenvalue weighted by atomic mass is 35.5. The minimum atomic E-state index is 0.407. The Morgan fingerprint density at radius 2 is 2.00 bits per heavy atom. The third kappa shape index (κ3) is 2.54. The van der Waals surface area contributed by atoms with E-state index >= 15 is 0 Å². The summed E-state index contributed by atoms with van der Waals surface area (Å²) in [5.41, 5.74) is 2.76. The normalized spacial score (nSPS) is 20.4. The number of halogens is 1. The van der Waals surface area contributed by atoms with Gasteiger partial charge in [0, 0.05) is 29.4 Å². The highest BCUT2D eigenvalue weighted by Gasteiger charge is 2.38. The number of pyridine rings is 1. The lowest BCUT2D eigenvalue weighted by Crippen LogP contribution is -2.06. The summed E-state index contributed by atoms with van der Waals surface area (Å²) in [5, 5.41) is 4.24. The van der Waals surface area contributed by atoms with Crippen LogP contribution >= 0.6 is 11.6 Å². The molecule has 21 heavy (non-hydrogen) atoms. The van der Waals surface area contributed by atoms with Crippen molar-refractivity contribution in [2.75, 3.05) is 5.32 Å². The second-order valence-electron chi connectivity index (χ2n) is 5.24. The Morgan fingerprint density at radius 1 is 1.10 bits per heavy atom. The average molecular weight is 297 g/mol. The molecular formula is C16H13ClN4. The molecule has 0 amide bonds. The third-order valence-corrected chi connectivity index (χ3v) is 3.97. The molecule has 1 aliphatic rings. The second kappa shape index (κ2) is 4.97. The molecule has 1 aliphatic carbocycles. The molecule has 104 valence electrons. The zero-order valence-corrected chi connectivity index (χ0v) is 12.0. The molecule has 3 aromatic rings. The zero-order chi connectivity index (χ0) is 14.2. The molecule has 1 saturated carbocycles. The lowest BCUT2D eigenvalue weighted by atomic mass is 10.1. The van der Waals surface area contributed by atoms with Gasteiger partial charge in [-0.25, -0.2) is 9.97 Å². The molecular weight excluding hydrogens is 284 g/mol. The van der Waals surface area contributed by atoms with Crippen LogP contribution < -0.4 is 5.32 Å². The molecule has 5 heteroatoms. The summed E-state index contributed by atoms with van der Waals surface area (Å²) in [7, 11) is 0. The van der Waals surface area contributed by atoms with Gasteiger partial charge in [0.15, 0.2) is 5.65 Å². The molecule has 0 saturated heterocycles. The van der Waals surface area contributed by atoms with Crippen LogP contribution in [0, 0.1) is 0 Å². The van der Waals surface area contributed by atoms with Crippen LogP contribution in [-0.2, 0) is 0 Å². The van der Waals surface area contributed by atoms with Crippen molar-refractivity contribution in [1.82, 2.24) is 15.0 Å². The Hall–Kier alpha value is -2.20. The fourth-order valence-electron chi connectivity index (χ4n) is 2.58. The van der Waals surface area contributed by atoms with Crippen molar-refractivity contribution in [2.24, 2.45) is 0 Å². The topological polar surface area (TPSA) is 50.7 Å². The molecule has 2 aromatic heterocycles. The van der Waals surface area contributed by atoms with Gasteiger partial charge in [0.1, 0.15) is 11.3 Å². The van der Waals surface area contributed by atoms with Crippen LogP contribution in [0.4, 0.5) is 5.82 Å². The lowest BCUT2D eigenvalue weighted by molar-refractivity contribution is 1.03. The molecule has 2 unspecified atom stereocenters. The lowest BCUT2D eigenvalue weighted by Gasteiger charge is -2.06. The molecule has 0 radical (unpaired) electrons. The van der Waals surface area contributed by atoms with E-state index in [4.69, 9.17) is 11.6 Å². The molecule has 2 heterocycles. The van der Waals surface area contributed by atoms with Gasteiger partial charge in [0.2, 0.25) is 0 Å². The summed E-state index contributed by atoms with van der Waals surface area (Å²) in [4.78, 5) is 12.9. The minimum Gasteiger partial charge on any atom is -0.367 e. The molecule has 1 aromatic carbocycles. The summed E-state index contributed by atoms with van der Waals surface area (Å²) in [6.07, 6.45) is 4.43. The summed E-state index contributed by atoms with van der Waals surface area (Å²) in [5.74, 6) is 1.35. The van der Waals surface area contributed by atoms with Gasteiger partial charge >= 0.3 is 0 Å². The van der Waals surface area contributed by atoms with E-state index in [1.807, 2.05) is 30.3 Å². The number of nitrogens with zero attached hydrogens (tertiary/aromatic N) is 3. The third-order valence-electron chi connectivity index (χ3n) is 3.73. The summed E-state index contributed by atoms with van der Waals surface area (Å²) in [6.45, 7) is 0. The van der Waals surface area contributed by atoms with E-state index in [9.17, 15) is 0 Å². The Balaban J connectivity index is 1.51. The first-order valence-electron chi connectivity index (χ1n) is 6.89. The molecule has 0 bridgehead atoms. The number of anilines is 1. The molecule has 0 aliphatic heterocycles. The average Bonchev–Trinajstić information content (AvgIpc) is 3.26. The van der Waals surface area contributed by atoms with E-state index in [-0.39, 0.29) is 0 Å². The van der Waals surface area contributed by atoms with E-state index in [0.717, 1.165) is 22.8 Å². The monoisotopic (exact) mass is 296 g/mol. The van der Waals surface area contributed by atoms with E-state index in [1.165, 1.54) is 5.56 Å². The largest absolute Gasteiger partial charge is 0.367 e. The summed E-state index contributed by atoms with van der Waals surface area (Å²) in [6, 6.07) is 12.4. The maximum Gasteiger partial charge on any atom is 0.180 e. The van der Waals surface area contributed by atoms with E-state index < -0.39 is 0 Å². The van der Waals surface area contributed by atoms with Crippen LogP contribution in [0.2, 0.25) is 5.02 Å². The zero-order valence-electron chi connectivity index (χ0n) is 11.2. The first kappa shape index (κ1) is 12.5. The first-order chi connectivity index (χ1) is 10.3. The predicted molar refractivity (Wildman–Crippen MR) is 83.6 cm³/mol. The quantitative estimate of drug-likeness (QED) is 0.801. The fourth-order valence-corrected chi connectivity index (χ4v) is 2.78. The molecule has 2 atom stereocenters. The predicted octanol–water partition coefficient (Wildman–Crippen LogP) is 3.65. The number of nitrogens with one attached hydrogen (secondary N) is 1. The number of fused-ring (bicyclic) bond motifs is 1. The van der Waals surface area contributed by atoms with E-state index in [1.54, 1.807) is 12.4 Å². The number of benzene rings is 1. The molecule has 4 rings (SSSR count). The Morgan fingerprint density at radius 3 is 2.90 bits per heavy atom. The van der Waals surface area contributed by atoms with Crippen LogP contribution in [0.5, 0.6) is 0 Å². The van der Waals surface area contributed by atoms with Crippen LogP contribution in [0.3, 0.4) is 0 Å². The number of hydrogen-bond donors (Lipinski definition) is 1. The molecule has 4 nitrogen and oxygen atoms in total. The standard InChI is InChI=1S/C16H13ClN4/c17-11-3-1-2-10(8-11)12-9-14(12)20-15-5-4-13-16(21-15)19-7-6-18-13/h1-8,12,14H,9H2,(H,19,20,21). The van der Waals surface area contributed by atoms with Gasteiger partial charge in [-0.3, -0.25) is 4.98 Å². The second-order valence-corrected chi connectivity index (χ2v) is 5.68. The van der Waals surface area contributed by atoms with Gasteiger partial charge in [-0.15, -0.1) is 0 Å². The highest BCUT2D eigenvalue weighted by molar-refractivity contribution is 6.30. The Bertz CT molecular complexity index is 805. The summed E-state index contributed by atoms with van der Waals surface area (Å²) < 4.78 is 0. The van der Waals surface area contributed by atoms with Crippen molar-refractivity contribution in [3.63, 3.8) is 0 Å². The van der Waals surface area contributed by atoms with E-state index in [0.29, 0.717) is 17.6 Å². The first-order valence-corrected chi connectivity index (χ1v) is 7.27.